The Morgan fingerprint density at radius 1 is 1.42 bits per heavy atom. The maximum atomic E-state index is 11.9. The van der Waals surface area contributed by atoms with Crippen molar-refractivity contribution in [2.75, 3.05) is 43.6 Å². The van der Waals surface area contributed by atoms with Crippen LogP contribution in [0.4, 0.5) is 11.8 Å². The van der Waals surface area contributed by atoms with Crippen molar-refractivity contribution >= 4 is 17.7 Å². The minimum Gasteiger partial charge on any atom is -0.462 e. The first-order valence-electron chi connectivity index (χ1n) is 6.60. The smallest absolute Gasteiger partial charge is 0.343 e. The molecule has 6 heteroatoms. The van der Waals surface area contributed by atoms with Crippen molar-refractivity contribution in [1.82, 2.24) is 9.97 Å². The summed E-state index contributed by atoms with van der Waals surface area (Å²) in [4.78, 5) is 24.6. The summed E-state index contributed by atoms with van der Waals surface area (Å²) in [6.45, 7) is 4.09. The number of hydrogen-bond acceptors (Lipinski definition) is 6. The van der Waals surface area contributed by atoms with E-state index in [2.05, 4.69) is 14.9 Å². The zero-order chi connectivity index (χ0) is 13.8. The van der Waals surface area contributed by atoms with E-state index in [4.69, 9.17) is 4.74 Å². The quantitative estimate of drug-likeness (QED) is 0.764. The molecular formula is C13H20N4O2. The Morgan fingerprint density at radius 2 is 2.11 bits per heavy atom. The molecule has 1 aliphatic heterocycles. The number of nitrogens with zero attached hydrogens (tertiary/aromatic N) is 4. The Labute approximate surface area is 113 Å². The molecule has 0 N–H and O–H groups in total. The van der Waals surface area contributed by atoms with Crippen molar-refractivity contribution in [3.63, 3.8) is 0 Å². The van der Waals surface area contributed by atoms with E-state index in [-0.39, 0.29) is 5.97 Å². The fraction of sp³-hybridized carbons (Fsp3) is 0.615. The molecule has 0 aromatic carbocycles. The Balaban J connectivity index is 2.31. The van der Waals surface area contributed by atoms with Crippen molar-refractivity contribution in [2.24, 2.45) is 0 Å². The molecule has 0 bridgehead atoms. The standard InChI is InChI=1S/C13H20N4O2/c1-4-19-12(18)10-9-14-13(15-11(10)16(2)3)17-7-5-6-8-17/h9H,4-8H2,1-3H3. The van der Waals surface area contributed by atoms with Crippen LogP contribution in [0, 0.1) is 0 Å². The Kier molecular flexibility index (Phi) is 4.19. The van der Waals surface area contributed by atoms with Crippen molar-refractivity contribution in [1.29, 1.82) is 0 Å². The van der Waals surface area contributed by atoms with Gasteiger partial charge in [-0.1, -0.05) is 0 Å². The lowest BCUT2D eigenvalue weighted by molar-refractivity contribution is 0.0526. The van der Waals surface area contributed by atoms with E-state index >= 15 is 0 Å². The third-order valence-corrected chi connectivity index (χ3v) is 3.06. The number of rotatable bonds is 4. The van der Waals surface area contributed by atoms with E-state index in [1.165, 1.54) is 12.8 Å². The Hall–Kier alpha value is -1.85. The molecule has 2 heterocycles. The minimum absolute atomic E-state index is 0.347. The first-order valence-corrected chi connectivity index (χ1v) is 6.60. The summed E-state index contributed by atoms with van der Waals surface area (Å²) in [5.41, 5.74) is 0.412. The summed E-state index contributed by atoms with van der Waals surface area (Å²) >= 11 is 0. The molecule has 1 aromatic rings. The summed E-state index contributed by atoms with van der Waals surface area (Å²) in [5, 5.41) is 0. The molecule has 19 heavy (non-hydrogen) atoms. The van der Waals surface area contributed by atoms with Gasteiger partial charge in [0, 0.05) is 33.4 Å². The van der Waals surface area contributed by atoms with Crippen molar-refractivity contribution in [3.05, 3.63) is 11.8 Å². The molecular weight excluding hydrogens is 244 g/mol. The zero-order valence-corrected chi connectivity index (χ0v) is 11.7. The number of carbonyl (C=O) groups is 1. The second kappa shape index (κ2) is 5.86. The highest BCUT2D eigenvalue weighted by Crippen LogP contribution is 2.22. The maximum absolute atomic E-state index is 11.9. The highest BCUT2D eigenvalue weighted by Gasteiger charge is 2.21. The number of aromatic nitrogens is 2. The molecule has 2 rings (SSSR count). The largest absolute Gasteiger partial charge is 0.462 e. The van der Waals surface area contributed by atoms with Gasteiger partial charge in [-0.15, -0.1) is 0 Å². The van der Waals surface area contributed by atoms with Crippen LogP contribution in [0.2, 0.25) is 0 Å². The van der Waals surface area contributed by atoms with E-state index in [0.717, 1.165) is 13.1 Å². The van der Waals surface area contributed by atoms with Gasteiger partial charge in [-0.3, -0.25) is 0 Å². The van der Waals surface area contributed by atoms with Gasteiger partial charge in [0.25, 0.3) is 0 Å². The molecule has 0 amide bonds. The van der Waals surface area contributed by atoms with Crippen LogP contribution in [-0.4, -0.2) is 49.7 Å². The lowest BCUT2D eigenvalue weighted by Gasteiger charge is -2.20. The van der Waals surface area contributed by atoms with E-state index in [9.17, 15) is 4.79 Å². The van der Waals surface area contributed by atoms with E-state index < -0.39 is 0 Å². The van der Waals surface area contributed by atoms with Gasteiger partial charge in [0.15, 0.2) is 0 Å². The first kappa shape index (κ1) is 13.6. The number of ether oxygens (including phenoxy) is 1. The second-order valence-corrected chi connectivity index (χ2v) is 4.72. The molecule has 1 aromatic heterocycles. The van der Waals surface area contributed by atoms with Crippen LogP contribution >= 0.6 is 0 Å². The highest BCUT2D eigenvalue weighted by atomic mass is 16.5. The SMILES string of the molecule is CCOC(=O)c1cnc(N2CCCC2)nc1N(C)C. The van der Waals surface area contributed by atoms with Gasteiger partial charge in [0.05, 0.1) is 6.61 Å². The molecule has 104 valence electrons. The van der Waals surface area contributed by atoms with Crippen LogP contribution in [0.5, 0.6) is 0 Å². The number of carbonyl (C=O) groups excluding carboxylic acids is 1. The summed E-state index contributed by atoms with van der Waals surface area (Å²) < 4.78 is 5.02. The third-order valence-electron chi connectivity index (χ3n) is 3.06. The predicted octanol–water partition coefficient (Wildman–Crippen LogP) is 1.32. The van der Waals surface area contributed by atoms with E-state index in [0.29, 0.717) is 23.9 Å². The molecule has 0 unspecified atom stereocenters. The normalized spacial score (nSPS) is 14.6. The number of hydrogen-bond donors (Lipinski definition) is 0. The molecule has 0 atom stereocenters. The molecule has 0 saturated carbocycles. The van der Waals surface area contributed by atoms with Crippen LogP contribution < -0.4 is 9.80 Å². The van der Waals surface area contributed by atoms with Crippen LogP contribution in [-0.2, 0) is 4.74 Å². The zero-order valence-electron chi connectivity index (χ0n) is 11.7. The average Bonchev–Trinajstić information content (AvgIpc) is 2.92. The molecule has 6 nitrogen and oxygen atoms in total. The average molecular weight is 264 g/mol. The van der Waals surface area contributed by atoms with E-state index in [1.54, 1.807) is 13.1 Å². The van der Waals surface area contributed by atoms with Crippen molar-refractivity contribution in [3.8, 4) is 0 Å². The molecule has 1 saturated heterocycles. The van der Waals surface area contributed by atoms with Gasteiger partial charge in [-0.05, 0) is 19.8 Å². The fourth-order valence-corrected chi connectivity index (χ4v) is 2.13. The molecule has 0 aliphatic carbocycles. The monoisotopic (exact) mass is 264 g/mol. The van der Waals surface area contributed by atoms with Gasteiger partial charge >= 0.3 is 5.97 Å². The number of esters is 1. The number of anilines is 2. The topological polar surface area (TPSA) is 58.6 Å². The first-order chi connectivity index (χ1) is 9.13. The highest BCUT2D eigenvalue weighted by molar-refractivity contribution is 5.94. The van der Waals surface area contributed by atoms with Crippen LogP contribution in [0.25, 0.3) is 0 Å². The Bertz CT molecular complexity index is 456. The van der Waals surface area contributed by atoms with Crippen molar-refractivity contribution < 1.29 is 9.53 Å². The third kappa shape index (κ3) is 2.94. The fourth-order valence-electron chi connectivity index (χ4n) is 2.13. The van der Waals surface area contributed by atoms with E-state index in [1.807, 2.05) is 19.0 Å². The summed E-state index contributed by atoms with van der Waals surface area (Å²) in [5.74, 6) is 0.920. The molecule has 1 aliphatic rings. The van der Waals surface area contributed by atoms with Gasteiger partial charge in [-0.25, -0.2) is 9.78 Å². The molecule has 0 spiro atoms. The summed E-state index contributed by atoms with van der Waals surface area (Å²) in [6, 6.07) is 0. The maximum Gasteiger partial charge on any atom is 0.343 e. The second-order valence-electron chi connectivity index (χ2n) is 4.72. The lowest BCUT2D eigenvalue weighted by Crippen LogP contribution is -2.24. The summed E-state index contributed by atoms with van der Waals surface area (Å²) in [7, 11) is 3.72. The molecule has 0 radical (unpaired) electrons. The van der Waals surface area contributed by atoms with Crippen LogP contribution in [0.15, 0.2) is 6.20 Å². The lowest BCUT2D eigenvalue weighted by atomic mass is 10.3. The van der Waals surface area contributed by atoms with Gasteiger partial charge in [0.1, 0.15) is 11.4 Å². The van der Waals surface area contributed by atoms with Gasteiger partial charge in [0.2, 0.25) is 5.95 Å². The minimum atomic E-state index is -0.376. The van der Waals surface area contributed by atoms with Crippen LogP contribution in [0.3, 0.4) is 0 Å². The van der Waals surface area contributed by atoms with Crippen molar-refractivity contribution in [2.45, 2.75) is 19.8 Å². The Morgan fingerprint density at radius 3 is 2.68 bits per heavy atom. The van der Waals surface area contributed by atoms with Gasteiger partial charge < -0.3 is 14.5 Å². The van der Waals surface area contributed by atoms with Crippen LogP contribution in [0.1, 0.15) is 30.1 Å². The summed E-state index contributed by atoms with van der Waals surface area (Å²) in [6.07, 6.45) is 3.90. The van der Waals surface area contributed by atoms with Gasteiger partial charge in [-0.2, -0.15) is 4.98 Å². The molecule has 1 fully saturated rings. The predicted molar refractivity (Wildman–Crippen MR) is 73.8 cm³/mol.